The number of anilines is 1. The first-order valence-electron chi connectivity index (χ1n) is 8.87. The molecule has 1 unspecified atom stereocenters. The molecule has 2 aromatic rings. The molecule has 1 aliphatic heterocycles. The van der Waals surface area contributed by atoms with Crippen LogP contribution in [0.25, 0.3) is 0 Å². The van der Waals surface area contributed by atoms with E-state index in [1.165, 1.54) is 16.7 Å². The number of halogens is 1. The van der Waals surface area contributed by atoms with Crippen LogP contribution in [0.1, 0.15) is 6.42 Å². The molecule has 0 radical (unpaired) electrons. The molecule has 0 aromatic heterocycles. The van der Waals surface area contributed by atoms with Gasteiger partial charge in [0.15, 0.2) is 5.17 Å². The third-order valence-electron chi connectivity index (χ3n) is 4.13. The number of amidine groups is 1. The summed E-state index contributed by atoms with van der Waals surface area (Å²) in [5.41, 5.74) is 1.33. The molecule has 2 aromatic carbocycles. The summed E-state index contributed by atoms with van der Waals surface area (Å²) >= 11 is 7.19. The number of ether oxygens (including phenoxy) is 1. The summed E-state index contributed by atoms with van der Waals surface area (Å²) in [6.45, 7) is 4.03. The number of nitrogens with one attached hydrogen (secondary N) is 1. The molecule has 1 fully saturated rings. The average molecular weight is 430 g/mol. The Bertz CT molecular complexity index is 929. The first kappa shape index (κ1) is 21.0. The van der Waals surface area contributed by atoms with Gasteiger partial charge in [0.2, 0.25) is 11.8 Å². The lowest BCUT2D eigenvalue weighted by molar-refractivity contribution is -0.127. The van der Waals surface area contributed by atoms with Gasteiger partial charge in [0.05, 0.1) is 12.8 Å². The molecule has 0 spiro atoms. The van der Waals surface area contributed by atoms with Gasteiger partial charge in [0.1, 0.15) is 11.0 Å². The minimum absolute atomic E-state index is 0.0445. The number of aliphatic imine (C=N–C) groups is 1. The molecule has 8 heteroatoms. The zero-order chi connectivity index (χ0) is 20.8. The summed E-state index contributed by atoms with van der Waals surface area (Å²) < 4.78 is 5.10. The molecule has 1 saturated heterocycles. The van der Waals surface area contributed by atoms with E-state index in [9.17, 15) is 9.59 Å². The monoisotopic (exact) mass is 429 g/mol. The van der Waals surface area contributed by atoms with Gasteiger partial charge in [-0.3, -0.25) is 14.5 Å². The third-order valence-corrected chi connectivity index (χ3v) is 5.55. The van der Waals surface area contributed by atoms with Crippen molar-refractivity contribution in [3.63, 3.8) is 0 Å². The summed E-state index contributed by atoms with van der Waals surface area (Å²) in [4.78, 5) is 31.3. The van der Waals surface area contributed by atoms with Gasteiger partial charge in [-0.1, -0.05) is 29.4 Å². The fraction of sp³-hybridized carbons (Fsp3) is 0.190. The Balaban J connectivity index is 1.70. The topological polar surface area (TPSA) is 71.0 Å². The molecule has 1 aliphatic rings. The van der Waals surface area contributed by atoms with Crippen LogP contribution < -0.4 is 10.1 Å². The number of carbonyl (C=O) groups excluding carboxylic acids is 2. The van der Waals surface area contributed by atoms with Gasteiger partial charge in [-0.2, -0.15) is 0 Å². The minimum atomic E-state index is -0.542. The molecule has 1 heterocycles. The van der Waals surface area contributed by atoms with Crippen molar-refractivity contribution in [1.29, 1.82) is 0 Å². The van der Waals surface area contributed by atoms with Crippen LogP contribution in [0.2, 0.25) is 5.02 Å². The Morgan fingerprint density at radius 3 is 2.59 bits per heavy atom. The normalized spacial score (nSPS) is 17.4. The molecule has 0 bridgehead atoms. The van der Waals surface area contributed by atoms with Gasteiger partial charge in [-0.15, -0.1) is 6.58 Å². The fourth-order valence-corrected chi connectivity index (χ4v) is 4.00. The number of hydrogen-bond donors (Lipinski definition) is 1. The molecular formula is C21H20ClN3O3S. The summed E-state index contributed by atoms with van der Waals surface area (Å²) in [6, 6.07) is 14.0. The lowest BCUT2D eigenvalue weighted by atomic mass is 10.2. The highest BCUT2D eigenvalue weighted by Crippen LogP contribution is 2.32. The van der Waals surface area contributed by atoms with E-state index in [1.54, 1.807) is 61.7 Å². The van der Waals surface area contributed by atoms with Gasteiger partial charge in [-0.25, -0.2) is 4.99 Å². The quantitative estimate of drug-likeness (QED) is 0.658. The summed E-state index contributed by atoms with van der Waals surface area (Å²) in [5.74, 6) is 0.299. The summed E-state index contributed by atoms with van der Waals surface area (Å²) in [6.07, 6.45) is 1.68. The second kappa shape index (κ2) is 9.62. The van der Waals surface area contributed by atoms with Gasteiger partial charge >= 0.3 is 0 Å². The number of rotatable bonds is 7. The van der Waals surface area contributed by atoms with Crippen LogP contribution in [-0.4, -0.2) is 40.8 Å². The number of amides is 2. The standard InChI is InChI=1S/C21H20ClN3O3S/c1-3-12-25-20(27)18(29-21(25)24-16-6-4-14(22)5-7-16)13-19(26)23-15-8-10-17(28-2)11-9-15/h3-11,18H,1,12-13H2,2H3,(H,23,26). The molecular weight excluding hydrogens is 410 g/mol. The molecule has 0 saturated carbocycles. The minimum Gasteiger partial charge on any atom is -0.497 e. The van der Waals surface area contributed by atoms with Crippen LogP contribution in [0.4, 0.5) is 11.4 Å². The lowest BCUT2D eigenvalue weighted by Crippen LogP contribution is -2.33. The Kier molecular flexibility index (Phi) is 6.95. The van der Waals surface area contributed by atoms with Crippen LogP contribution in [0, 0.1) is 0 Å². The first-order chi connectivity index (χ1) is 14.0. The van der Waals surface area contributed by atoms with Gasteiger partial charge in [-0.05, 0) is 48.5 Å². The number of carbonyl (C=O) groups is 2. The van der Waals surface area contributed by atoms with E-state index in [0.717, 1.165) is 0 Å². The van der Waals surface area contributed by atoms with Crippen LogP contribution in [0.5, 0.6) is 5.75 Å². The van der Waals surface area contributed by atoms with Crippen LogP contribution in [0.15, 0.2) is 66.2 Å². The van der Waals surface area contributed by atoms with Crippen molar-refractivity contribution in [3.05, 3.63) is 66.2 Å². The first-order valence-corrected chi connectivity index (χ1v) is 10.1. The molecule has 150 valence electrons. The Hall–Kier alpha value is -2.77. The van der Waals surface area contributed by atoms with E-state index in [1.807, 2.05) is 0 Å². The van der Waals surface area contributed by atoms with Gasteiger partial charge < -0.3 is 10.1 Å². The molecule has 3 rings (SSSR count). The van der Waals surface area contributed by atoms with E-state index in [2.05, 4.69) is 16.9 Å². The predicted octanol–water partition coefficient (Wildman–Crippen LogP) is 4.49. The lowest BCUT2D eigenvalue weighted by Gasteiger charge is -2.13. The highest BCUT2D eigenvalue weighted by atomic mass is 35.5. The SMILES string of the molecule is C=CCN1C(=O)C(CC(=O)Nc2ccc(OC)cc2)SC1=Nc1ccc(Cl)cc1. The number of benzene rings is 2. The van der Waals surface area contributed by atoms with E-state index < -0.39 is 5.25 Å². The maximum absolute atomic E-state index is 12.8. The second-order valence-corrected chi connectivity index (χ2v) is 7.80. The summed E-state index contributed by atoms with van der Waals surface area (Å²) in [7, 11) is 1.58. The number of nitrogens with zero attached hydrogens (tertiary/aromatic N) is 2. The van der Waals surface area contributed by atoms with E-state index in [0.29, 0.717) is 33.9 Å². The zero-order valence-electron chi connectivity index (χ0n) is 15.8. The Labute approximate surface area is 178 Å². The molecule has 29 heavy (non-hydrogen) atoms. The van der Waals surface area contributed by atoms with Crippen LogP contribution >= 0.6 is 23.4 Å². The van der Waals surface area contributed by atoms with Crippen molar-refractivity contribution in [2.24, 2.45) is 4.99 Å². The molecule has 6 nitrogen and oxygen atoms in total. The molecule has 0 aliphatic carbocycles. The van der Waals surface area contributed by atoms with E-state index in [4.69, 9.17) is 16.3 Å². The third kappa shape index (κ3) is 5.40. The second-order valence-electron chi connectivity index (χ2n) is 6.20. The van der Waals surface area contributed by atoms with Crippen molar-refractivity contribution >= 4 is 51.7 Å². The number of thioether (sulfide) groups is 1. The molecule has 1 N–H and O–H groups in total. The fourth-order valence-electron chi connectivity index (χ4n) is 2.70. The highest BCUT2D eigenvalue weighted by molar-refractivity contribution is 8.15. The largest absolute Gasteiger partial charge is 0.497 e. The smallest absolute Gasteiger partial charge is 0.242 e. The Morgan fingerprint density at radius 2 is 1.97 bits per heavy atom. The van der Waals surface area contributed by atoms with Crippen molar-refractivity contribution in [2.75, 3.05) is 19.0 Å². The Morgan fingerprint density at radius 1 is 1.28 bits per heavy atom. The maximum atomic E-state index is 12.8. The van der Waals surface area contributed by atoms with Crippen molar-refractivity contribution in [3.8, 4) is 5.75 Å². The van der Waals surface area contributed by atoms with Gasteiger partial charge in [0, 0.05) is 23.7 Å². The molecule has 1 atom stereocenters. The van der Waals surface area contributed by atoms with Gasteiger partial charge in [0.25, 0.3) is 0 Å². The number of hydrogen-bond acceptors (Lipinski definition) is 5. The van der Waals surface area contributed by atoms with E-state index in [-0.39, 0.29) is 18.2 Å². The predicted molar refractivity (Wildman–Crippen MR) is 118 cm³/mol. The maximum Gasteiger partial charge on any atom is 0.242 e. The van der Waals surface area contributed by atoms with E-state index >= 15 is 0 Å². The summed E-state index contributed by atoms with van der Waals surface area (Å²) in [5, 5.41) is 3.42. The number of methoxy groups -OCH3 is 1. The zero-order valence-corrected chi connectivity index (χ0v) is 17.4. The highest BCUT2D eigenvalue weighted by Gasteiger charge is 2.38. The average Bonchev–Trinajstić information content (AvgIpc) is 2.99. The van der Waals surface area contributed by atoms with Crippen LogP contribution in [0.3, 0.4) is 0 Å². The van der Waals surface area contributed by atoms with Crippen molar-refractivity contribution in [1.82, 2.24) is 4.90 Å². The van der Waals surface area contributed by atoms with Crippen LogP contribution in [-0.2, 0) is 9.59 Å². The molecule has 2 amide bonds. The van der Waals surface area contributed by atoms with Crippen molar-refractivity contribution < 1.29 is 14.3 Å². The van der Waals surface area contributed by atoms with Crippen molar-refractivity contribution in [2.45, 2.75) is 11.7 Å².